The van der Waals surface area contributed by atoms with Gasteiger partial charge in [0.1, 0.15) is 5.69 Å². The lowest BCUT2D eigenvalue weighted by Crippen LogP contribution is -2.44. The first-order valence-electron chi connectivity index (χ1n) is 5.23. The number of hydrogen-bond acceptors (Lipinski definition) is 4. The summed E-state index contributed by atoms with van der Waals surface area (Å²) in [4.78, 5) is 7.80. The molecule has 0 saturated carbocycles. The standard InChI is InChI=1S/C9H16N6O.HI/c1-14-12-7-8(13-14)6-11-9(10)15-2-4-16-5-3-15;/h7H,2-6H2,1H3,(H2,10,11);1H. The molecular formula is C9H17IN6O. The summed E-state index contributed by atoms with van der Waals surface area (Å²) in [6, 6.07) is 0. The maximum Gasteiger partial charge on any atom is 0.191 e. The Balaban J connectivity index is 0.00000144. The number of guanidine groups is 1. The summed E-state index contributed by atoms with van der Waals surface area (Å²) in [5.41, 5.74) is 6.69. The van der Waals surface area contributed by atoms with Crippen LogP contribution in [0.3, 0.4) is 0 Å². The molecule has 0 bridgehead atoms. The van der Waals surface area contributed by atoms with E-state index >= 15 is 0 Å². The third-order valence-corrected chi connectivity index (χ3v) is 2.39. The Hall–Kier alpha value is -0.900. The second kappa shape index (κ2) is 6.74. The topological polar surface area (TPSA) is 81.6 Å². The molecule has 8 heteroatoms. The van der Waals surface area contributed by atoms with Gasteiger partial charge in [0, 0.05) is 20.1 Å². The van der Waals surface area contributed by atoms with E-state index < -0.39 is 0 Å². The van der Waals surface area contributed by atoms with Crippen molar-refractivity contribution >= 4 is 29.9 Å². The van der Waals surface area contributed by atoms with Gasteiger partial charge < -0.3 is 15.4 Å². The lowest BCUT2D eigenvalue weighted by atomic mass is 10.4. The molecule has 0 amide bonds. The maximum atomic E-state index is 5.87. The van der Waals surface area contributed by atoms with Crippen LogP contribution in [-0.4, -0.2) is 52.2 Å². The van der Waals surface area contributed by atoms with Gasteiger partial charge >= 0.3 is 0 Å². The van der Waals surface area contributed by atoms with Crippen molar-refractivity contribution < 1.29 is 4.74 Å². The van der Waals surface area contributed by atoms with Crippen LogP contribution in [0.15, 0.2) is 11.2 Å². The molecule has 1 aromatic heterocycles. The molecule has 1 aliphatic heterocycles. The molecule has 96 valence electrons. The van der Waals surface area contributed by atoms with Gasteiger partial charge in [0.15, 0.2) is 5.96 Å². The first-order chi connectivity index (χ1) is 7.75. The van der Waals surface area contributed by atoms with Crippen molar-refractivity contribution in [2.75, 3.05) is 26.3 Å². The first-order valence-corrected chi connectivity index (χ1v) is 5.23. The first kappa shape index (κ1) is 14.2. The second-order valence-electron chi connectivity index (χ2n) is 3.60. The lowest BCUT2D eigenvalue weighted by Gasteiger charge is -2.27. The van der Waals surface area contributed by atoms with Crippen LogP contribution in [0.25, 0.3) is 0 Å². The smallest absolute Gasteiger partial charge is 0.191 e. The highest BCUT2D eigenvalue weighted by atomic mass is 127. The minimum absolute atomic E-state index is 0. The fourth-order valence-electron chi connectivity index (χ4n) is 1.51. The van der Waals surface area contributed by atoms with Gasteiger partial charge in [-0.15, -0.1) is 24.0 Å². The van der Waals surface area contributed by atoms with Crippen molar-refractivity contribution in [2.24, 2.45) is 17.8 Å². The average molecular weight is 352 g/mol. The van der Waals surface area contributed by atoms with Crippen LogP contribution in [0.5, 0.6) is 0 Å². The van der Waals surface area contributed by atoms with Crippen molar-refractivity contribution in [3.8, 4) is 0 Å². The minimum Gasteiger partial charge on any atom is -0.378 e. The molecule has 0 aliphatic carbocycles. The molecule has 17 heavy (non-hydrogen) atoms. The third-order valence-electron chi connectivity index (χ3n) is 2.39. The highest BCUT2D eigenvalue weighted by molar-refractivity contribution is 14.0. The van der Waals surface area contributed by atoms with Crippen LogP contribution in [0, 0.1) is 0 Å². The molecule has 1 aromatic rings. The highest BCUT2D eigenvalue weighted by Crippen LogP contribution is 1.98. The molecule has 1 aliphatic rings. The van der Waals surface area contributed by atoms with Gasteiger partial charge in [-0.2, -0.15) is 15.0 Å². The van der Waals surface area contributed by atoms with Crippen LogP contribution in [0.1, 0.15) is 5.69 Å². The zero-order valence-electron chi connectivity index (χ0n) is 9.74. The maximum absolute atomic E-state index is 5.87. The van der Waals surface area contributed by atoms with Gasteiger partial charge in [-0.1, -0.05) is 0 Å². The SMILES string of the molecule is Cn1ncc(CN=C(N)N2CCOCC2)n1.I. The molecule has 2 N–H and O–H groups in total. The molecule has 2 heterocycles. The number of aryl methyl sites for hydroxylation is 1. The number of aromatic nitrogens is 3. The van der Waals surface area contributed by atoms with Crippen molar-refractivity contribution in [2.45, 2.75) is 6.54 Å². The molecule has 0 aromatic carbocycles. The van der Waals surface area contributed by atoms with Crippen molar-refractivity contribution in [3.63, 3.8) is 0 Å². The summed E-state index contributed by atoms with van der Waals surface area (Å²) < 4.78 is 5.24. The van der Waals surface area contributed by atoms with E-state index in [1.165, 1.54) is 4.80 Å². The Morgan fingerprint density at radius 2 is 2.24 bits per heavy atom. The number of hydrogen-bond donors (Lipinski definition) is 1. The fourth-order valence-corrected chi connectivity index (χ4v) is 1.51. The summed E-state index contributed by atoms with van der Waals surface area (Å²) >= 11 is 0. The number of halogens is 1. The number of nitrogens with zero attached hydrogens (tertiary/aromatic N) is 5. The molecule has 2 rings (SSSR count). The Morgan fingerprint density at radius 3 is 2.82 bits per heavy atom. The summed E-state index contributed by atoms with van der Waals surface area (Å²) in [6.45, 7) is 3.49. The van der Waals surface area contributed by atoms with E-state index in [4.69, 9.17) is 10.5 Å². The summed E-state index contributed by atoms with van der Waals surface area (Å²) in [7, 11) is 1.78. The van der Waals surface area contributed by atoms with E-state index in [1.54, 1.807) is 13.2 Å². The van der Waals surface area contributed by atoms with E-state index in [1.807, 2.05) is 4.90 Å². The summed E-state index contributed by atoms with van der Waals surface area (Å²) in [5.74, 6) is 0.550. The van der Waals surface area contributed by atoms with Crippen molar-refractivity contribution in [3.05, 3.63) is 11.9 Å². The number of aliphatic imine (C=N–C) groups is 1. The molecule has 1 saturated heterocycles. The molecule has 7 nitrogen and oxygen atoms in total. The Morgan fingerprint density at radius 1 is 1.53 bits per heavy atom. The van der Waals surface area contributed by atoms with Crippen molar-refractivity contribution in [1.82, 2.24) is 19.9 Å². The summed E-state index contributed by atoms with van der Waals surface area (Å²) in [5, 5.41) is 8.10. The molecule has 0 atom stereocenters. The second-order valence-corrected chi connectivity index (χ2v) is 3.60. The van der Waals surface area contributed by atoms with Crippen LogP contribution in [-0.2, 0) is 18.3 Å². The van der Waals surface area contributed by atoms with Gasteiger partial charge in [0.25, 0.3) is 0 Å². The van der Waals surface area contributed by atoms with Gasteiger partial charge in [-0.05, 0) is 0 Å². The third kappa shape index (κ3) is 4.11. The lowest BCUT2D eigenvalue weighted by molar-refractivity contribution is 0.0674. The van der Waals surface area contributed by atoms with Crippen LogP contribution in [0.2, 0.25) is 0 Å². The van der Waals surface area contributed by atoms with E-state index in [9.17, 15) is 0 Å². The fraction of sp³-hybridized carbons (Fsp3) is 0.667. The highest BCUT2D eigenvalue weighted by Gasteiger charge is 2.11. The number of rotatable bonds is 2. The zero-order chi connectivity index (χ0) is 11.4. The molecule has 0 spiro atoms. The largest absolute Gasteiger partial charge is 0.378 e. The molecule has 1 fully saturated rings. The molecule has 0 radical (unpaired) electrons. The van der Waals surface area contributed by atoms with Crippen molar-refractivity contribution in [1.29, 1.82) is 0 Å². The van der Waals surface area contributed by atoms with Crippen LogP contribution < -0.4 is 5.73 Å². The van der Waals surface area contributed by atoms with Gasteiger partial charge in [0.2, 0.25) is 0 Å². The Bertz CT molecular complexity index is 373. The Kier molecular flexibility index (Phi) is 5.62. The van der Waals surface area contributed by atoms with E-state index in [2.05, 4.69) is 15.2 Å². The van der Waals surface area contributed by atoms with Gasteiger partial charge in [-0.25, -0.2) is 4.99 Å². The minimum atomic E-state index is 0. The monoisotopic (exact) mass is 352 g/mol. The average Bonchev–Trinajstić information content (AvgIpc) is 2.73. The molecule has 0 unspecified atom stereocenters. The van der Waals surface area contributed by atoms with E-state index in [0.717, 1.165) is 18.8 Å². The number of morpholine rings is 1. The van der Waals surface area contributed by atoms with E-state index in [-0.39, 0.29) is 24.0 Å². The molecular weight excluding hydrogens is 335 g/mol. The quantitative estimate of drug-likeness (QED) is 0.444. The van der Waals surface area contributed by atoms with Gasteiger partial charge in [-0.3, -0.25) is 0 Å². The van der Waals surface area contributed by atoms with Crippen LogP contribution >= 0.6 is 24.0 Å². The predicted molar refractivity (Wildman–Crippen MR) is 74.1 cm³/mol. The van der Waals surface area contributed by atoms with Gasteiger partial charge in [0.05, 0.1) is 26.0 Å². The summed E-state index contributed by atoms with van der Waals surface area (Å²) in [6.07, 6.45) is 1.69. The number of nitrogens with two attached hydrogens (primary N) is 1. The van der Waals surface area contributed by atoms with Crippen LogP contribution in [0.4, 0.5) is 0 Å². The normalized spacial score (nSPS) is 16.8. The Labute approximate surface area is 117 Å². The van der Waals surface area contributed by atoms with E-state index in [0.29, 0.717) is 25.7 Å². The number of ether oxygens (including phenoxy) is 1. The zero-order valence-corrected chi connectivity index (χ0v) is 12.1. The predicted octanol–water partition coefficient (Wildman–Crippen LogP) is -0.420.